The summed E-state index contributed by atoms with van der Waals surface area (Å²) in [5.74, 6) is -0.671. The van der Waals surface area contributed by atoms with Gasteiger partial charge in [-0.3, -0.25) is 4.79 Å². The molecule has 0 saturated carbocycles. The molecule has 0 atom stereocenters. The van der Waals surface area contributed by atoms with Crippen molar-refractivity contribution in [1.82, 2.24) is 0 Å². The Morgan fingerprint density at radius 1 is 1.19 bits per heavy atom. The fourth-order valence-corrected chi connectivity index (χ4v) is 2.30. The molecule has 0 fully saturated rings. The molecule has 0 aliphatic heterocycles. The Balaban J connectivity index is 2.49. The number of nitrogen functional groups attached to an aromatic ring is 1. The number of hydrogen-bond acceptors (Lipinski definition) is 3. The van der Waals surface area contributed by atoms with Gasteiger partial charge in [0.05, 0.1) is 16.7 Å². The average molecular weight is 328 g/mol. The Morgan fingerprint density at radius 2 is 1.90 bits per heavy atom. The summed E-state index contributed by atoms with van der Waals surface area (Å²) in [6.45, 7) is 2.22. The number of anilines is 1. The predicted molar refractivity (Wildman–Crippen MR) is 81.9 cm³/mol. The lowest BCUT2D eigenvalue weighted by Gasteiger charge is -2.11. The number of carbonyl (C=O) groups excluding carboxylic acids is 1. The number of ketones is 1. The van der Waals surface area contributed by atoms with Crippen molar-refractivity contribution < 1.29 is 13.9 Å². The molecule has 2 aromatic carbocycles. The molecule has 2 aromatic rings. The molecule has 0 saturated heterocycles. The van der Waals surface area contributed by atoms with Crippen LogP contribution in [0.15, 0.2) is 30.3 Å². The molecule has 110 valence electrons. The summed E-state index contributed by atoms with van der Waals surface area (Å²) in [7, 11) is 0. The minimum absolute atomic E-state index is 0.0390. The zero-order valence-electron chi connectivity index (χ0n) is 11.1. The Labute approximate surface area is 131 Å². The number of nitrogens with two attached hydrogens (primary N) is 1. The van der Waals surface area contributed by atoms with Crippen molar-refractivity contribution in [3.8, 4) is 5.75 Å². The first-order valence-corrected chi connectivity index (χ1v) is 6.91. The molecular formula is C15H12Cl2FNO2. The molecule has 0 radical (unpaired) electrons. The van der Waals surface area contributed by atoms with Gasteiger partial charge in [-0.05, 0) is 31.2 Å². The molecule has 6 heteroatoms. The van der Waals surface area contributed by atoms with Crippen LogP contribution in [0.4, 0.5) is 10.1 Å². The predicted octanol–water partition coefficient (Wildman–Crippen LogP) is 4.34. The van der Waals surface area contributed by atoms with Crippen LogP contribution < -0.4 is 10.5 Å². The molecule has 0 amide bonds. The van der Waals surface area contributed by atoms with Crippen LogP contribution in [0.1, 0.15) is 22.8 Å². The van der Waals surface area contributed by atoms with Gasteiger partial charge in [-0.15, -0.1) is 0 Å². The zero-order chi connectivity index (χ0) is 15.6. The van der Waals surface area contributed by atoms with Crippen molar-refractivity contribution in [1.29, 1.82) is 0 Å². The van der Waals surface area contributed by atoms with Crippen LogP contribution >= 0.6 is 23.2 Å². The van der Waals surface area contributed by atoms with Gasteiger partial charge in [0.15, 0.2) is 5.78 Å². The number of hydrogen-bond donors (Lipinski definition) is 1. The molecule has 0 bridgehead atoms. The third kappa shape index (κ3) is 3.28. The molecule has 3 nitrogen and oxygen atoms in total. The maximum absolute atomic E-state index is 13.3. The summed E-state index contributed by atoms with van der Waals surface area (Å²) < 4.78 is 18.6. The summed E-state index contributed by atoms with van der Waals surface area (Å²) >= 11 is 12.1. The molecule has 0 unspecified atom stereocenters. The number of halogens is 3. The van der Waals surface area contributed by atoms with E-state index in [9.17, 15) is 9.18 Å². The molecule has 0 aromatic heterocycles. The van der Waals surface area contributed by atoms with E-state index in [-0.39, 0.29) is 26.9 Å². The topological polar surface area (TPSA) is 52.3 Å². The molecular weight excluding hydrogens is 316 g/mol. The highest BCUT2D eigenvalue weighted by Gasteiger charge is 2.19. The summed E-state index contributed by atoms with van der Waals surface area (Å²) in [6.07, 6.45) is 0. The van der Waals surface area contributed by atoms with E-state index in [1.807, 2.05) is 0 Å². The van der Waals surface area contributed by atoms with Gasteiger partial charge in [0.2, 0.25) is 0 Å². The van der Waals surface area contributed by atoms with E-state index in [0.29, 0.717) is 12.4 Å². The minimum atomic E-state index is -0.555. The molecule has 0 aliphatic carbocycles. The third-order valence-corrected chi connectivity index (χ3v) is 3.43. The normalized spacial score (nSPS) is 10.5. The second-order valence-corrected chi connectivity index (χ2v) is 5.07. The number of rotatable bonds is 4. The van der Waals surface area contributed by atoms with E-state index in [4.69, 9.17) is 33.7 Å². The summed E-state index contributed by atoms with van der Waals surface area (Å²) in [5, 5.41) is 0.413. The zero-order valence-corrected chi connectivity index (χ0v) is 12.6. The van der Waals surface area contributed by atoms with Crippen LogP contribution in [0.3, 0.4) is 0 Å². The molecule has 0 heterocycles. The van der Waals surface area contributed by atoms with E-state index in [1.54, 1.807) is 6.92 Å². The van der Waals surface area contributed by atoms with E-state index >= 15 is 0 Å². The highest BCUT2D eigenvalue weighted by atomic mass is 35.5. The van der Waals surface area contributed by atoms with Gasteiger partial charge in [-0.2, -0.15) is 0 Å². The fourth-order valence-electron chi connectivity index (χ4n) is 1.84. The first-order chi connectivity index (χ1) is 9.93. The second kappa shape index (κ2) is 6.33. The van der Waals surface area contributed by atoms with Crippen molar-refractivity contribution >= 4 is 34.7 Å². The highest BCUT2D eigenvalue weighted by Crippen LogP contribution is 2.33. The van der Waals surface area contributed by atoms with Crippen LogP contribution in [0.25, 0.3) is 0 Å². The Hall–Kier alpha value is -1.78. The summed E-state index contributed by atoms with van der Waals surface area (Å²) in [5.41, 5.74) is 6.05. The standard InChI is InChI=1S/C15H12Cl2FNO2/c1-2-21-14-7-11(16)9(6-12(14)17)15(20)10-5-8(18)3-4-13(10)19/h3-7H,2,19H2,1H3. The van der Waals surface area contributed by atoms with Crippen LogP contribution in [0.2, 0.25) is 10.0 Å². The third-order valence-electron chi connectivity index (χ3n) is 2.83. The molecule has 2 rings (SSSR count). The number of ether oxygens (including phenoxy) is 1. The maximum Gasteiger partial charge on any atom is 0.196 e. The molecule has 0 spiro atoms. The van der Waals surface area contributed by atoms with Gasteiger partial charge >= 0.3 is 0 Å². The van der Waals surface area contributed by atoms with Crippen molar-refractivity contribution in [2.75, 3.05) is 12.3 Å². The SMILES string of the molecule is CCOc1cc(Cl)c(C(=O)c2cc(F)ccc2N)cc1Cl. The largest absolute Gasteiger partial charge is 0.492 e. The molecule has 0 aliphatic rings. The van der Waals surface area contributed by atoms with Crippen molar-refractivity contribution in [3.63, 3.8) is 0 Å². The van der Waals surface area contributed by atoms with E-state index in [1.165, 1.54) is 24.3 Å². The smallest absolute Gasteiger partial charge is 0.196 e. The lowest BCUT2D eigenvalue weighted by Crippen LogP contribution is -2.07. The Bertz CT molecular complexity index is 704. The fraction of sp³-hybridized carbons (Fsp3) is 0.133. The number of carbonyl (C=O) groups is 1. The van der Waals surface area contributed by atoms with E-state index in [2.05, 4.69) is 0 Å². The van der Waals surface area contributed by atoms with E-state index < -0.39 is 11.6 Å². The quantitative estimate of drug-likeness (QED) is 0.671. The molecule has 21 heavy (non-hydrogen) atoms. The van der Waals surface area contributed by atoms with Gasteiger partial charge in [-0.1, -0.05) is 23.2 Å². The van der Waals surface area contributed by atoms with Gasteiger partial charge in [0, 0.05) is 22.9 Å². The first-order valence-electron chi connectivity index (χ1n) is 6.15. The highest BCUT2D eigenvalue weighted by molar-refractivity contribution is 6.37. The second-order valence-electron chi connectivity index (χ2n) is 4.26. The Kier molecular flexibility index (Phi) is 4.70. The summed E-state index contributed by atoms with van der Waals surface area (Å²) in [4.78, 5) is 12.4. The first kappa shape index (κ1) is 15.6. The van der Waals surface area contributed by atoms with Crippen molar-refractivity contribution in [3.05, 3.63) is 57.3 Å². The average Bonchev–Trinajstić information content (AvgIpc) is 2.44. The van der Waals surface area contributed by atoms with Gasteiger partial charge in [-0.25, -0.2) is 4.39 Å². The minimum Gasteiger partial charge on any atom is -0.492 e. The van der Waals surface area contributed by atoms with Crippen molar-refractivity contribution in [2.45, 2.75) is 6.92 Å². The van der Waals surface area contributed by atoms with E-state index in [0.717, 1.165) is 6.07 Å². The lowest BCUT2D eigenvalue weighted by atomic mass is 10.0. The monoisotopic (exact) mass is 327 g/mol. The van der Waals surface area contributed by atoms with Crippen LogP contribution in [-0.2, 0) is 0 Å². The lowest BCUT2D eigenvalue weighted by molar-refractivity contribution is 0.103. The number of benzene rings is 2. The van der Waals surface area contributed by atoms with Gasteiger partial charge in [0.25, 0.3) is 0 Å². The van der Waals surface area contributed by atoms with Gasteiger partial charge < -0.3 is 10.5 Å². The van der Waals surface area contributed by atoms with Crippen LogP contribution in [0.5, 0.6) is 5.75 Å². The molecule has 2 N–H and O–H groups in total. The maximum atomic E-state index is 13.3. The van der Waals surface area contributed by atoms with Gasteiger partial charge in [0.1, 0.15) is 11.6 Å². The van der Waals surface area contributed by atoms with Crippen molar-refractivity contribution in [2.24, 2.45) is 0 Å². The van der Waals surface area contributed by atoms with Crippen LogP contribution in [0, 0.1) is 5.82 Å². The Morgan fingerprint density at radius 3 is 2.57 bits per heavy atom. The van der Waals surface area contributed by atoms with Crippen LogP contribution in [-0.4, -0.2) is 12.4 Å². The summed E-state index contributed by atoms with van der Waals surface area (Å²) in [6, 6.07) is 6.42.